The van der Waals surface area contributed by atoms with Crippen LogP contribution >= 0.6 is 0 Å². The van der Waals surface area contributed by atoms with Gasteiger partial charge in [0.15, 0.2) is 0 Å². The molecule has 2 heteroatoms. The number of rotatable bonds is 5. The van der Waals surface area contributed by atoms with Crippen molar-refractivity contribution in [2.75, 3.05) is 6.61 Å². The third-order valence-electron chi connectivity index (χ3n) is 5.85. The number of aliphatic hydroxyl groups excluding tert-OH is 1. The average Bonchev–Trinajstić information content (AvgIpc) is 2.58. The van der Waals surface area contributed by atoms with Crippen LogP contribution in [0.25, 0.3) is 0 Å². The molecular formula is C25H42O2. The first kappa shape index (κ1) is 23.9. The standard InChI is InChI=1S/C25H42O2/c1-20(2)9-8-18-25(5,27)24-16-14-21(3)10-6-12-23(19-26)13-7-11-22(4)15-17-24/h9-10,13,15,24,26-27H,6-8,11-12,14,16-19H2,1-5H3/b21-10+,22-15+,23-13+/t24-,25-/m1/s1. The molecular weight excluding hydrogens is 332 g/mol. The molecule has 2 atom stereocenters. The van der Waals surface area contributed by atoms with Crippen molar-refractivity contribution in [3.63, 3.8) is 0 Å². The predicted octanol–water partition coefficient (Wildman–Crippen LogP) is 6.66. The summed E-state index contributed by atoms with van der Waals surface area (Å²) in [4.78, 5) is 0. The lowest BCUT2D eigenvalue weighted by atomic mass is 9.79. The molecule has 0 saturated carbocycles. The van der Waals surface area contributed by atoms with Crippen LogP contribution in [0.15, 0.2) is 46.6 Å². The van der Waals surface area contributed by atoms with Crippen LogP contribution in [0.5, 0.6) is 0 Å². The second kappa shape index (κ2) is 12.4. The molecule has 0 aromatic rings. The Kier molecular flexibility index (Phi) is 10.9. The van der Waals surface area contributed by atoms with Crippen LogP contribution in [0.3, 0.4) is 0 Å². The lowest BCUT2D eigenvalue weighted by Crippen LogP contribution is -2.34. The zero-order valence-electron chi connectivity index (χ0n) is 18.4. The zero-order valence-corrected chi connectivity index (χ0v) is 18.4. The van der Waals surface area contributed by atoms with E-state index in [-0.39, 0.29) is 12.5 Å². The first-order chi connectivity index (χ1) is 12.7. The van der Waals surface area contributed by atoms with Crippen molar-refractivity contribution < 1.29 is 10.2 Å². The summed E-state index contributed by atoms with van der Waals surface area (Å²) >= 11 is 0. The summed E-state index contributed by atoms with van der Waals surface area (Å²) in [6.07, 6.45) is 17.8. The van der Waals surface area contributed by atoms with Gasteiger partial charge in [-0.25, -0.2) is 0 Å². The number of aliphatic hydroxyl groups is 2. The highest BCUT2D eigenvalue weighted by Crippen LogP contribution is 2.32. The zero-order chi connectivity index (χ0) is 20.3. The highest BCUT2D eigenvalue weighted by atomic mass is 16.3. The molecule has 0 heterocycles. The maximum absolute atomic E-state index is 11.2. The molecule has 0 aromatic carbocycles. The monoisotopic (exact) mass is 374 g/mol. The van der Waals surface area contributed by atoms with Crippen LogP contribution in [-0.2, 0) is 0 Å². The van der Waals surface area contributed by atoms with Crippen molar-refractivity contribution in [3.05, 3.63) is 46.6 Å². The SMILES string of the molecule is CC(C)=CCC[C@@](C)(O)[C@H]1C/C=C(\C)CC/C=C(/CO)CC/C=C(\C)CC1. The molecule has 0 unspecified atom stereocenters. The minimum atomic E-state index is -0.635. The third-order valence-corrected chi connectivity index (χ3v) is 5.85. The van der Waals surface area contributed by atoms with Gasteiger partial charge in [0.2, 0.25) is 0 Å². The fourth-order valence-corrected chi connectivity index (χ4v) is 3.74. The molecule has 27 heavy (non-hydrogen) atoms. The van der Waals surface area contributed by atoms with E-state index in [2.05, 4.69) is 52.0 Å². The topological polar surface area (TPSA) is 40.5 Å². The van der Waals surface area contributed by atoms with E-state index in [1.165, 1.54) is 16.7 Å². The maximum Gasteiger partial charge on any atom is 0.0653 e. The van der Waals surface area contributed by atoms with Gasteiger partial charge in [-0.2, -0.15) is 0 Å². The van der Waals surface area contributed by atoms with Crippen molar-refractivity contribution in [1.82, 2.24) is 0 Å². The van der Waals surface area contributed by atoms with Gasteiger partial charge in [0.05, 0.1) is 12.2 Å². The van der Waals surface area contributed by atoms with Gasteiger partial charge in [0, 0.05) is 0 Å². The van der Waals surface area contributed by atoms with Crippen LogP contribution < -0.4 is 0 Å². The summed E-state index contributed by atoms with van der Waals surface area (Å²) < 4.78 is 0. The minimum absolute atomic E-state index is 0.173. The van der Waals surface area contributed by atoms with Crippen LogP contribution in [0.1, 0.15) is 92.4 Å². The Hall–Kier alpha value is -1.12. The van der Waals surface area contributed by atoms with Gasteiger partial charge < -0.3 is 10.2 Å². The molecule has 0 spiro atoms. The first-order valence-corrected chi connectivity index (χ1v) is 10.7. The predicted molar refractivity (Wildman–Crippen MR) is 118 cm³/mol. The molecule has 1 aliphatic rings. The second-order valence-electron chi connectivity index (χ2n) is 8.85. The van der Waals surface area contributed by atoms with Crippen LogP contribution in [-0.4, -0.2) is 22.4 Å². The Morgan fingerprint density at radius 1 is 1.07 bits per heavy atom. The Labute approximate surface area is 167 Å². The molecule has 2 N–H and O–H groups in total. The lowest BCUT2D eigenvalue weighted by molar-refractivity contribution is -0.0105. The van der Waals surface area contributed by atoms with Gasteiger partial charge in [-0.3, -0.25) is 0 Å². The lowest BCUT2D eigenvalue weighted by Gasteiger charge is -2.33. The summed E-state index contributed by atoms with van der Waals surface area (Å²) in [6.45, 7) is 10.8. The Morgan fingerprint density at radius 2 is 1.74 bits per heavy atom. The Balaban J connectivity index is 2.90. The minimum Gasteiger partial charge on any atom is -0.392 e. The van der Waals surface area contributed by atoms with Crippen molar-refractivity contribution in [2.24, 2.45) is 5.92 Å². The van der Waals surface area contributed by atoms with Gasteiger partial charge in [0.25, 0.3) is 0 Å². The van der Waals surface area contributed by atoms with E-state index in [0.29, 0.717) is 0 Å². The van der Waals surface area contributed by atoms with Crippen LogP contribution in [0, 0.1) is 5.92 Å². The van der Waals surface area contributed by atoms with E-state index in [0.717, 1.165) is 63.4 Å². The summed E-state index contributed by atoms with van der Waals surface area (Å²) in [5, 5.41) is 20.7. The highest BCUT2D eigenvalue weighted by Gasteiger charge is 2.30. The molecule has 0 aromatic heterocycles. The first-order valence-electron chi connectivity index (χ1n) is 10.7. The maximum atomic E-state index is 11.2. The molecule has 0 saturated heterocycles. The molecule has 1 rings (SSSR count). The van der Waals surface area contributed by atoms with Crippen molar-refractivity contribution in [1.29, 1.82) is 0 Å². The van der Waals surface area contributed by atoms with Gasteiger partial charge in [-0.05, 0) is 104 Å². The van der Waals surface area contributed by atoms with Gasteiger partial charge in [-0.1, -0.05) is 41.0 Å². The number of hydrogen-bond acceptors (Lipinski definition) is 2. The molecule has 0 aliphatic heterocycles. The molecule has 0 radical (unpaired) electrons. The molecule has 1 aliphatic carbocycles. The van der Waals surface area contributed by atoms with Gasteiger partial charge in [-0.15, -0.1) is 0 Å². The van der Waals surface area contributed by atoms with Gasteiger partial charge >= 0.3 is 0 Å². The fourth-order valence-electron chi connectivity index (χ4n) is 3.74. The largest absolute Gasteiger partial charge is 0.392 e. The molecule has 2 nitrogen and oxygen atoms in total. The number of allylic oxidation sites excluding steroid dienone is 7. The van der Waals surface area contributed by atoms with Gasteiger partial charge in [0.1, 0.15) is 0 Å². The van der Waals surface area contributed by atoms with E-state index >= 15 is 0 Å². The van der Waals surface area contributed by atoms with Crippen molar-refractivity contribution in [3.8, 4) is 0 Å². The average molecular weight is 375 g/mol. The van der Waals surface area contributed by atoms with E-state index in [1.54, 1.807) is 0 Å². The van der Waals surface area contributed by atoms with E-state index < -0.39 is 5.60 Å². The summed E-state index contributed by atoms with van der Waals surface area (Å²) in [5.74, 6) is 0.285. The fraction of sp³-hybridized carbons (Fsp3) is 0.680. The van der Waals surface area contributed by atoms with Crippen LogP contribution in [0.2, 0.25) is 0 Å². The normalized spacial score (nSPS) is 28.4. The van der Waals surface area contributed by atoms with Crippen molar-refractivity contribution in [2.45, 2.75) is 98.0 Å². The molecule has 0 bridgehead atoms. The van der Waals surface area contributed by atoms with E-state index in [4.69, 9.17) is 0 Å². The smallest absolute Gasteiger partial charge is 0.0653 e. The summed E-state index contributed by atoms with van der Waals surface area (Å²) in [6, 6.07) is 0. The van der Waals surface area contributed by atoms with E-state index in [1.807, 2.05) is 6.92 Å². The Morgan fingerprint density at radius 3 is 2.41 bits per heavy atom. The van der Waals surface area contributed by atoms with Crippen molar-refractivity contribution >= 4 is 0 Å². The molecule has 0 amide bonds. The second-order valence-corrected chi connectivity index (χ2v) is 8.85. The van der Waals surface area contributed by atoms with Crippen LogP contribution in [0.4, 0.5) is 0 Å². The van der Waals surface area contributed by atoms with E-state index in [9.17, 15) is 10.2 Å². The quantitative estimate of drug-likeness (QED) is 0.528. The third kappa shape index (κ3) is 10.1. The Bertz CT molecular complexity index is 557. The highest BCUT2D eigenvalue weighted by molar-refractivity contribution is 5.09. The molecule has 154 valence electrons. The summed E-state index contributed by atoms with van der Waals surface area (Å²) in [7, 11) is 0. The summed E-state index contributed by atoms with van der Waals surface area (Å²) in [5.41, 5.74) is 4.63. The number of hydrogen-bond donors (Lipinski definition) is 2. The molecule has 0 fully saturated rings.